The smallest absolute Gasteiger partial charge is 0.241 e. The number of aromatic nitrogens is 2. The van der Waals surface area contributed by atoms with Gasteiger partial charge in [0.2, 0.25) is 17.6 Å². The Hall–Kier alpha value is -2.58. The monoisotopic (exact) mass is 386 g/mol. The summed E-state index contributed by atoms with van der Waals surface area (Å²) in [7, 11) is 0. The lowest BCUT2D eigenvalue weighted by atomic mass is 9.96. The van der Waals surface area contributed by atoms with E-state index in [4.69, 9.17) is 4.52 Å². The zero-order chi connectivity index (χ0) is 18.6. The number of nitrogens with one attached hydrogen (secondary N) is 1. The molecular formula is C19H19FN4O2S. The largest absolute Gasteiger partial charge is 0.338 e. The van der Waals surface area contributed by atoms with Crippen molar-refractivity contribution in [2.24, 2.45) is 5.92 Å². The molecule has 3 heterocycles. The zero-order valence-electron chi connectivity index (χ0n) is 14.6. The summed E-state index contributed by atoms with van der Waals surface area (Å²) in [5.41, 5.74) is 0.621. The highest BCUT2D eigenvalue weighted by molar-refractivity contribution is 7.13. The molecule has 1 aromatic carbocycles. The Bertz CT molecular complexity index is 887. The Morgan fingerprint density at radius 1 is 1.26 bits per heavy atom. The van der Waals surface area contributed by atoms with E-state index in [9.17, 15) is 9.18 Å². The second kappa shape index (κ2) is 7.98. The molecule has 0 atom stereocenters. The van der Waals surface area contributed by atoms with Gasteiger partial charge in [0.25, 0.3) is 0 Å². The molecule has 3 aromatic rings. The van der Waals surface area contributed by atoms with Crippen molar-refractivity contribution in [3.63, 3.8) is 0 Å². The number of anilines is 1. The summed E-state index contributed by atoms with van der Waals surface area (Å²) < 4.78 is 18.3. The molecule has 1 aliphatic rings. The highest BCUT2D eigenvalue weighted by atomic mass is 32.1. The van der Waals surface area contributed by atoms with E-state index >= 15 is 0 Å². The molecule has 6 nitrogen and oxygen atoms in total. The van der Waals surface area contributed by atoms with Crippen LogP contribution in [-0.2, 0) is 11.3 Å². The second-order valence-electron chi connectivity index (χ2n) is 6.54. The molecule has 1 amide bonds. The van der Waals surface area contributed by atoms with Crippen molar-refractivity contribution < 1.29 is 13.7 Å². The summed E-state index contributed by atoms with van der Waals surface area (Å²) in [4.78, 5) is 20.0. The Kier molecular flexibility index (Phi) is 5.26. The normalized spacial score (nSPS) is 15.7. The molecule has 1 saturated heterocycles. The molecule has 0 aliphatic carbocycles. The maximum absolute atomic E-state index is 12.9. The first-order chi connectivity index (χ1) is 13.2. The predicted molar refractivity (Wildman–Crippen MR) is 101 cm³/mol. The number of hydrogen-bond acceptors (Lipinski definition) is 6. The first-order valence-corrected chi connectivity index (χ1v) is 9.70. The van der Waals surface area contributed by atoms with Gasteiger partial charge in [0, 0.05) is 11.6 Å². The van der Waals surface area contributed by atoms with Crippen molar-refractivity contribution in [2.75, 3.05) is 18.4 Å². The van der Waals surface area contributed by atoms with Gasteiger partial charge in [0.1, 0.15) is 5.82 Å². The minimum Gasteiger partial charge on any atom is -0.338 e. The molecule has 4 rings (SSSR count). The third kappa shape index (κ3) is 4.40. The number of amides is 1. The van der Waals surface area contributed by atoms with Crippen LogP contribution in [-0.4, -0.2) is 34.0 Å². The van der Waals surface area contributed by atoms with Gasteiger partial charge >= 0.3 is 0 Å². The average Bonchev–Trinajstić information content (AvgIpc) is 3.36. The van der Waals surface area contributed by atoms with Crippen LogP contribution in [0.2, 0.25) is 0 Å². The standard InChI is InChI=1S/C19H19FN4O2S/c20-14-3-5-15(6-4-14)21-19(25)13-7-9-24(10-8-13)12-17-22-18(23-26-17)16-2-1-11-27-16/h1-6,11,13H,7-10,12H2,(H,21,25). The third-order valence-corrected chi connectivity index (χ3v) is 5.50. The molecule has 27 heavy (non-hydrogen) atoms. The number of carbonyl (C=O) groups is 1. The van der Waals surface area contributed by atoms with Crippen LogP contribution >= 0.6 is 11.3 Å². The van der Waals surface area contributed by atoms with E-state index in [0.29, 0.717) is 23.9 Å². The molecule has 2 aromatic heterocycles. The highest BCUT2D eigenvalue weighted by Crippen LogP contribution is 2.23. The number of hydrogen-bond donors (Lipinski definition) is 1. The summed E-state index contributed by atoms with van der Waals surface area (Å²) in [5.74, 6) is 0.834. The van der Waals surface area contributed by atoms with Crippen molar-refractivity contribution in [1.82, 2.24) is 15.0 Å². The molecule has 0 unspecified atom stereocenters. The van der Waals surface area contributed by atoms with Crippen molar-refractivity contribution in [3.8, 4) is 10.7 Å². The number of halogens is 1. The van der Waals surface area contributed by atoms with Gasteiger partial charge in [-0.25, -0.2) is 4.39 Å². The number of rotatable bonds is 5. The van der Waals surface area contributed by atoms with Crippen LogP contribution in [0, 0.1) is 11.7 Å². The fourth-order valence-electron chi connectivity index (χ4n) is 3.15. The molecule has 0 radical (unpaired) electrons. The van der Waals surface area contributed by atoms with Gasteiger partial charge in [-0.2, -0.15) is 4.98 Å². The minimum atomic E-state index is -0.315. The van der Waals surface area contributed by atoms with Gasteiger partial charge in [-0.3, -0.25) is 9.69 Å². The number of carbonyl (C=O) groups excluding carboxylic acids is 1. The Labute approximate surface area is 160 Å². The predicted octanol–water partition coefficient (Wildman–Crippen LogP) is 3.79. The lowest BCUT2D eigenvalue weighted by Crippen LogP contribution is -2.37. The van der Waals surface area contributed by atoms with E-state index in [1.807, 2.05) is 17.5 Å². The summed E-state index contributed by atoms with van der Waals surface area (Å²) in [6.07, 6.45) is 1.53. The fraction of sp³-hybridized carbons (Fsp3) is 0.316. The van der Waals surface area contributed by atoms with E-state index < -0.39 is 0 Å². The summed E-state index contributed by atoms with van der Waals surface area (Å²) >= 11 is 1.58. The van der Waals surface area contributed by atoms with Gasteiger partial charge in [0.05, 0.1) is 11.4 Å². The van der Waals surface area contributed by atoms with Gasteiger partial charge in [-0.15, -0.1) is 11.3 Å². The Morgan fingerprint density at radius 3 is 2.74 bits per heavy atom. The molecule has 0 spiro atoms. The Balaban J connectivity index is 1.27. The Morgan fingerprint density at radius 2 is 2.04 bits per heavy atom. The van der Waals surface area contributed by atoms with E-state index in [1.165, 1.54) is 12.1 Å². The molecule has 140 valence electrons. The number of benzene rings is 1. The van der Waals surface area contributed by atoms with Crippen LogP contribution in [0.5, 0.6) is 0 Å². The van der Waals surface area contributed by atoms with Crippen molar-refractivity contribution in [3.05, 3.63) is 53.5 Å². The minimum absolute atomic E-state index is 0.0148. The molecule has 0 bridgehead atoms. The number of nitrogens with zero attached hydrogens (tertiary/aromatic N) is 3. The van der Waals surface area contributed by atoms with Gasteiger partial charge in [-0.05, 0) is 61.6 Å². The lowest BCUT2D eigenvalue weighted by molar-refractivity contribution is -0.121. The van der Waals surface area contributed by atoms with Gasteiger partial charge < -0.3 is 9.84 Å². The highest BCUT2D eigenvalue weighted by Gasteiger charge is 2.26. The van der Waals surface area contributed by atoms with Crippen LogP contribution in [0.15, 0.2) is 46.3 Å². The average molecular weight is 386 g/mol. The lowest BCUT2D eigenvalue weighted by Gasteiger charge is -2.30. The van der Waals surface area contributed by atoms with E-state index in [1.54, 1.807) is 23.5 Å². The molecule has 1 aliphatic heterocycles. The van der Waals surface area contributed by atoms with Crippen LogP contribution in [0.1, 0.15) is 18.7 Å². The topological polar surface area (TPSA) is 71.3 Å². The first kappa shape index (κ1) is 17.8. The SMILES string of the molecule is O=C(Nc1ccc(F)cc1)C1CCN(Cc2nc(-c3cccs3)no2)CC1. The number of thiophene rings is 1. The summed E-state index contributed by atoms with van der Waals surface area (Å²) in [6, 6.07) is 9.74. The molecule has 8 heteroatoms. The zero-order valence-corrected chi connectivity index (χ0v) is 15.4. The van der Waals surface area contributed by atoms with Crippen molar-refractivity contribution >= 4 is 22.9 Å². The quantitative estimate of drug-likeness (QED) is 0.722. The van der Waals surface area contributed by atoms with E-state index in [-0.39, 0.29) is 17.6 Å². The molecule has 1 fully saturated rings. The van der Waals surface area contributed by atoms with Crippen LogP contribution in [0.3, 0.4) is 0 Å². The summed E-state index contributed by atoms with van der Waals surface area (Å²) in [6.45, 7) is 2.17. The van der Waals surface area contributed by atoms with Crippen LogP contribution in [0.25, 0.3) is 10.7 Å². The maximum Gasteiger partial charge on any atom is 0.241 e. The molecule has 0 saturated carbocycles. The second-order valence-corrected chi connectivity index (χ2v) is 7.48. The van der Waals surface area contributed by atoms with Crippen LogP contribution in [0.4, 0.5) is 10.1 Å². The van der Waals surface area contributed by atoms with Crippen LogP contribution < -0.4 is 5.32 Å². The van der Waals surface area contributed by atoms with E-state index in [0.717, 1.165) is 30.8 Å². The first-order valence-electron chi connectivity index (χ1n) is 8.82. The van der Waals surface area contributed by atoms with Gasteiger partial charge in [-0.1, -0.05) is 11.2 Å². The van der Waals surface area contributed by atoms with Crippen molar-refractivity contribution in [1.29, 1.82) is 0 Å². The maximum atomic E-state index is 12.9. The third-order valence-electron chi connectivity index (χ3n) is 4.64. The number of likely N-dealkylation sites (tertiary alicyclic amines) is 1. The van der Waals surface area contributed by atoms with E-state index in [2.05, 4.69) is 20.4 Å². The molecule has 1 N–H and O–H groups in total. The molecular weight excluding hydrogens is 367 g/mol. The number of piperidine rings is 1. The fourth-order valence-corrected chi connectivity index (χ4v) is 3.80. The van der Waals surface area contributed by atoms with Crippen molar-refractivity contribution in [2.45, 2.75) is 19.4 Å². The summed E-state index contributed by atoms with van der Waals surface area (Å²) in [5, 5.41) is 8.86. The van der Waals surface area contributed by atoms with Gasteiger partial charge in [0.15, 0.2) is 0 Å².